The predicted molar refractivity (Wildman–Crippen MR) is 116 cm³/mol. The van der Waals surface area contributed by atoms with Crippen molar-refractivity contribution in [3.63, 3.8) is 0 Å². The zero-order chi connectivity index (χ0) is 20.5. The van der Waals surface area contributed by atoms with Crippen molar-refractivity contribution in [2.24, 2.45) is 0 Å². The molecular formula is C22H20N4O2S. The van der Waals surface area contributed by atoms with Gasteiger partial charge in [-0.05, 0) is 38.5 Å². The second-order valence-corrected chi connectivity index (χ2v) is 8.00. The van der Waals surface area contributed by atoms with Crippen LogP contribution < -0.4 is 10.9 Å². The van der Waals surface area contributed by atoms with Gasteiger partial charge in [-0.2, -0.15) is 5.10 Å². The summed E-state index contributed by atoms with van der Waals surface area (Å²) in [6.07, 6.45) is 0. The third-order valence-corrected chi connectivity index (χ3v) is 5.71. The van der Waals surface area contributed by atoms with E-state index in [1.165, 1.54) is 22.1 Å². The Balaban J connectivity index is 1.61. The number of rotatable bonds is 4. The molecule has 0 spiro atoms. The molecule has 0 bridgehead atoms. The molecule has 0 saturated carbocycles. The largest absolute Gasteiger partial charge is 0.300 e. The molecule has 2 aromatic carbocycles. The fourth-order valence-electron chi connectivity index (χ4n) is 3.04. The number of aryl methyl sites for hydroxylation is 2. The average molecular weight is 404 g/mol. The summed E-state index contributed by atoms with van der Waals surface area (Å²) in [6, 6.07) is 16.1. The zero-order valence-electron chi connectivity index (χ0n) is 16.3. The van der Waals surface area contributed by atoms with Crippen molar-refractivity contribution in [1.82, 2.24) is 14.8 Å². The van der Waals surface area contributed by atoms with E-state index in [-0.39, 0.29) is 11.5 Å². The maximum atomic E-state index is 12.8. The molecule has 0 radical (unpaired) electrons. The van der Waals surface area contributed by atoms with Gasteiger partial charge < -0.3 is 5.32 Å². The van der Waals surface area contributed by atoms with Gasteiger partial charge in [0.25, 0.3) is 11.5 Å². The van der Waals surface area contributed by atoms with Crippen LogP contribution in [0.2, 0.25) is 0 Å². The molecule has 0 fully saturated rings. The molecule has 6 nitrogen and oxygen atoms in total. The highest BCUT2D eigenvalue weighted by Crippen LogP contribution is 2.28. The van der Waals surface area contributed by atoms with Gasteiger partial charge in [0.15, 0.2) is 5.13 Å². The number of carbonyl (C=O) groups is 1. The van der Waals surface area contributed by atoms with Gasteiger partial charge >= 0.3 is 0 Å². The second kappa shape index (κ2) is 7.60. The molecule has 4 rings (SSSR count). The molecule has 1 unspecified atom stereocenters. The van der Waals surface area contributed by atoms with Crippen molar-refractivity contribution in [3.8, 4) is 11.3 Å². The molecule has 1 amide bonds. The Morgan fingerprint density at radius 3 is 2.55 bits per heavy atom. The molecule has 29 heavy (non-hydrogen) atoms. The summed E-state index contributed by atoms with van der Waals surface area (Å²) in [5.41, 5.74) is 4.26. The summed E-state index contributed by atoms with van der Waals surface area (Å²) in [6.45, 7) is 5.64. The van der Waals surface area contributed by atoms with E-state index < -0.39 is 6.04 Å². The minimum Gasteiger partial charge on any atom is -0.300 e. The van der Waals surface area contributed by atoms with Gasteiger partial charge in [0.1, 0.15) is 6.04 Å². The lowest BCUT2D eigenvalue weighted by molar-refractivity contribution is -0.119. The minimum absolute atomic E-state index is 0.330. The van der Waals surface area contributed by atoms with Crippen molar-refractivity contribution >= 4 is 32.6 Å². The molecule has 0 aliphatic rings. The molecule has 0 aliphatic heterocycles. The van der Waals surface area contributed by atoms with Crippen LogP contribution in [0.4, 0.5) is 5.13 Å². The molecule has 0 saturated heterocycles. The van der Waals surface area contributed by atoms with Gasteiger partial charge in [-0.1, -0.05) is 53.3 Å². The van der Waals surface area contributed by atoms with E-state index in [1.54, 1.807) is 13.0 Å². The van der Waals surface area contributed by atoms with Crippen molar-refractivity contribution in [2.45, 2.75) is 26.8 Å². The van der Waals surface area contributed by atoms with E-state index in [0.717, 1.165) is 26.9 Å². The smallest absolute Gasteiger partial charge is 0.267 e. The van der Waals surface area contributed by atoms with Crippen LogP contribution in [-0.2, 0) is 4.79 Å². The standard InChI is InChI=1S/C22H20N4O2S/c1-13-7-9-16(10-8-13)17-11-12-19(27)26(25-17)15(3)21(28)24-22-23-20-14(2)5-4-6-18(20)29-22/h4-12,15H,1-3H3,(H,23,24,28). The van der Waals surface area contributed by atoms with Crippen molar-refractivity contribution in [3.05, 3.63) is 76.1 Å². The topological polar surface area (TPSA) is 76.9 Å². The van der Waals surface area contributed by atoms with Gasteiger partial charge in [-0.25, -0.2) is 9.67 Å². The van der Waals surface area contributed by atoms with Gasteiger partial charge in [0, 0.05) is 11.6 Å². The first-order valence-electron chi connectivity index (χ1n) is 9.26. The van der Waals surface area contributed by atoms with Crippen LogP contribution in [-0.4, -0.2) is 20.7 Å². The Kier molecular flexibility index (Phi) is 4.98. The summed E-state index contributed by atoms with van der Waals surface area (Å²) in [5.74, 6) is -0.336. The minimum atomic E-state index is -0.777. The Morgan fingerprint density at radius 2 is 1.83 bits per heavy atom. The number of nitrogens with zero attached hydrogens (tertiary/aromatic N) is 3. The molecular weight excluding hydrogens is 384 g/mol. The van der Waals surface area contributed by atoms with Gasteiger partial charge in [0.2, 0.25) is 0 Å². The van der Waals surface area contributed by atoms with Crippen LogP contribution >= 0.6 is 11.3 Å². The van der Waals surface area contributed by atoms with E-state index in [2.05, 4.69) is 15.4 Å². The molecule has 4 aromatic rings. The lowest BCUT2D eigenvalue weighted by Gasteiger charge is -2.14. The maximum Gasteiger partial charge on any atom is 0.267 e. The van der Waals surface area contributed by atoms with Crippen molar-refractivity contribution in [2.75, 3.05) is 5.32 Å². The van der Waals surface area contributed by atoms with Crippen LogP contribution in [0.5, 0.6) is 0 Å². The van der Waals surface area contributed by atoms with E-state index >= 15 is 0 Å². The Labute approximate surface area is 171 Å². The summed E-state index contributed by atoms with van der Waals surface area (Å²) in [5, 5.41) is 7.75. The molecule has 2 aromatic heterocycles. The van der Waals surface area contributed by atoms with Crippen LogP contribution in [0.15, 0.2) is 59.4 Å². The Bertz CT molecular complexity index is 1260. The summed E-state index contributed by atoms with van der Waals surface area (Å²) < 4.78 is 2.22. The fourth-order valence-corrected chi connectivity index (χ4v) is 3.99. The summed E-state index contributed by atoms with van der Waals surface area (Å²) >= 11 is 1.41. The first kappa shape index (κ1) is 19.0. The lowest BCUT2D eigenvalue weighted by Crippen LogP contribution is -2.33. The number of amides is 1. The van der Waals surface area contributed by atoms with Crippen molar-refractivity contribution < 1.29 is 4.79 Å². The average Bonchev–Trinajstić information content (AvgIpc) is 3.12. The highest BCUT2D eigenvalue weighted by Gasteiger charge is 2.20. The number of carbonyl (C=O) groups excluding carboxylic acids is 1. The Morgan fingerprint density at radius 1 is 1.07 bits per heavy atom. The number of anilines is 1. The monoisotopic (exact) mass is 404 g/mol. The number of hydrogen-bond donors (Lipinski definition) is 1. The number of benzene rings is 2. The molecule has 0 aliphatic carbocycles. The highest BCUT2D eigenvalue weighted by atomic mass is 32.1. The van der Waals surface area contributed by atoms with Gasteiger partial charge in [-0.3, -0.25) is 9.59 Å². The number of aromatic nitrogens is 3. The highest BCUT2D eigenvalue weighted by molar-refractivity contribution is 7.22. The van der Waals surface area contributed by atoms with E-state index in [9.17, 15) is 9.59 Å². The van der Waals surface area contributed by atoms with Crippen LogP contribution in [0, 0.1) is 13.8 Å². The number of thiazole rings is 1. The third kappa shape index (κ3) is 3.82. The van der Waals surface area contributed by atoms with Crippen LogP contribution in [0.1, 0.15) is 24.1 Å². The predicted octanol–water partition coefficient (Wildman–Crippen LogP) is 4.34. The van der Waals surface area contributed by atoms with Gasteiger partial charge in [0.05, 0.1) is 15.9 Å². The quantitative estimate of drug-likeness (QED) is 0.549. The van der Waals surface area contributed by atoms with Crippen LogP contribution in [0.3, 0.4) is 0 Å². The number of nitrogens with one attached hydrogen (secondary N) is 1. The number of hydrogen-bond acceptors (Lipinski definition) is 5. The number of para-hydroxylation sites is 1. The van der Waals surface area contributed by atoms with Gasteiger partial charge in [-0.15, -0.1) is 0 Å². The zero-order valence-corrected chi connectivity index (χ0v) is 17.2. The summed E-state index contributed by atoms with van der Waals surface area (Å²) in [7, 11) is 0. The third-order valence-electron chi connectivity index (χ3n) is 4.77. The lowest BCUT2D eigenvalue weighted by atomic mass is 10.1. The second-order valence-electron chi connectivity index (χ2n) is 6.97. The Hall–Kier alpha value is -3.32. The maximum absolute atomic E-state index is 12.8. The molecule has 2 heterocycles. The van der Waals surface area contributed by atoms with E-state index in [0.29, 0.717) is 10.8 Å². The first-order valence-corrected chi connectivity index (χ1v) is 10.1. The van der Waals surface area contributed by atoms with E-state index in [1.807, 2.05) is 56.3 Å². The fraction of sp³-hybridized carbons (Fsp3) is 0.182. The molecule has 7 heteroatoms. The van der Waals surface area contributed by atoms with Crippen molar-refractivity contribution in [1.29, 1.82) is 0 Å². The van der Waals surface area contributed by atoms with E-state index in [4.69, 9.17) is 0 Å². The SMILES string of the molecule is Cc1ccc(-c2ccc(=O)n(C(C)C(=O)Nc3nc4c(C)cccc4s3)n2)cc1. The number of fused-ring (bicyclic) bond motifs is 1. The molecule has 1 atom stereocenters. The summed E-state index contributed by atoms with van der Waals surface area (Å²) in [4.78, 5) is 29.6. The normalized spacial score (nSPS) is 12.1. The molecule has 1 N–H and O–H groups in total. The first-order chi connectivity index (χ1) is 13.9. The molecule has 146 valence electrons. The van der Waals surface area contributed by atoms with Crippen LogP contribution in [0.25, 0.3) is 21.5 Å².